The van der Waals surface area contributed by atoms with Crippen molar-refractivity contribution in [1.29, 1.82) is 0 Å². The van der Waals surface area contributed by atoms with Gasteiger partial charge in [-0.25, -0.2) is 4.39 Å². The van der Waals surface area contributed by atoms with Gasteiger partial charge in [-0.3, -0.25) is 4.90 Å². The molecule has 18 heavy (non-hydrogen) atoms. The molecule has 1 aliphatic heterocycles. The van der Waals surface area contributed by atoms with Crippen LogP contribution in [-0.2, 0) is 13.1 Å². The molecule has 1 saturated heterocycles. The normalized spacial score (nSPS) is 21.2. The van der Waals surface area contributed by atoms with Crippen molar-refractivity contribution in [2.45, 2.75) is 51.7 Å². The maximum atomic E-state index is 14.2. The standard InChI is InChI=1S/C15H23FN2/c1-2-14-8-3-4-9-18(14)11-13-7-5-6-12(10-17)15(13)16/h5-7,14H,2-4,8-11,17H2,1H3. The smallest absolute Gasteiger partial charge is 0.132 e. The van der Waals surface area contributed by atoms with E-state index in [1.54, 1.807) is 6.07 Å². The lowest BCUT2D eigenvalue weighted by Gasteiger charge is -2.35. The van der Waals surface area contributed by atoms with Crippen LogP contribution in [0.5, 0.6) is 0 Å². The Balaban J connectivity index is 2.12. The van der Waals surface area contributed by atoms with Gasteiger partial charge >= 0.3 is 0 Å². The number of piperidine rings is 1. The third-order valence-electron chi connectivity index (χ3n) is 3.97. The molecule has 0 bridgehead atoms. The van der Waals surface area contributed by atoms with Crippen LogP contribution in [-0.4, -0.2) is 17.5 Å². The highest BCUT2D eigenvalue weighted by molar-refractivity contribution is 5.26. The van der Waals surface area contributed by atoms with Crippen LogP contribution in [0.4, 0.5) is 4.39 Å². The summed E-state index contributed by atoms with van der Waals surface area (Å²) in [4.78, 5) is 2.42. The number of hydrogen-bond donors (Lipinski definition) is 1. The van der Waals surface area contributed by atoms with Crippen LogP contribution < -0.4 is 5.73 Å². The molecule has 1 aromatic carbocycles. The summed E-state index contributed by atoms with van der Waals surface area (Å²) < 4.78 is 14.2. The lowest BCUT2D eigenvalue weighted by molar-refractivity contribution is 0.134. The summed E-state index contributed by atoms with van der Waals surface area (Å²) in [5.74, 6) is -0.111. The van der Waals surface area contributed by atoms with Gasteiger partial charge in [0.1, 0.15) is 5.82 Å². The van der Waals surface area contributed by atoms with Gasteiger partial charge in [0, 0.05) is 30.3 Å². The molecule has 1 unspecified atom stereocenters. The number of nitrogens with zero attached hydrogens (tertiary/aromatic N) is 1. The minimum atomic E-state index is -0.111. The lowest BCUT2D eigenvalue weighted by Crippen LogP contribution is -2.38. The average Bonchev–Trinajstić information content (AvgIpc) is 2.42. The molecule has 0 amide bonds. The number of hydrogen-bond acceptors (Lipinski definition) is 2. The van der Waals surface area contributed by atoms with Gasteiger partial charge in [0.15, 0.2) is 0 Å². The van der Waals surface area contributed by atoms with E-state index in [-0.39, 0.29) is 12.4 Å². The van der Waals surface area contributed by atoms with E-state index in [9.17, 15) is 4.39 Å². The quantitative estimate of drug-likeness (QED) is 0.890. The topological polar surface area (TPSA) is 29.3 Å². The van der Waals surface area contributed by atoms with Gasteiger partial charge < -0.3 is 5.73 Å². The van der Waals surface area contributed by atoms with Crippen molar-refractivity contribution in [1.82, 2.24) is 4.90 Å². The molecule has 0 aromatic heterocycles. The Morgan fingerprint density at radius 1 is 1.33 bits per heavy atom. The van der Waals surface area contributed by atoms with Crippen molar-refractivity contribution in [2.24, 2.45) is 5.73 Å². The van der Waals surface area contributed by atoms with Crippen molar-refractivity contribution in [2.75, 3.05) is 6.54 Å². The molecule has 0 aliphatic carbocycles. The monoisotopic (exact) mass is 250 g/mol. The van der Waals surface area contributed by atoms with Gasteiger partial charge in [0.05, 0.1) is 0 Å². The largest absolute Gasteiger partial charge is 0.326 e. The third-order valence-corrected chi connectivity index (χ3v) is 3.97. The Morgan fingerprint density at radius 2 is 2.11 bits per heavy atom. The molecule has 1 aliphatic rings. The molecule has 3 heteroatoms. The Bertz CT molecular complexity index is 392. The molecule has 0 radical (unpaired) electrons. The Labute approximate surface area is 109 Å². The summed E-state index contributed by atoms with van der Waals surface area (Å²) in [6.45, 7) is 4.30. The first-order valence-corrected chi connectivity index (χ1v) is 6.96. The molecule has 1 atom stereocenters. The highest BCUT2D eigenvalue weighted by atomic mass is 19.1. The summed E-state index contributed by atoms with van der Waals surface area (Å²) in [7, 11) is 0. The first-order chi connectivity index (χ1) is 8.76. The van der Waals surface area contributed by atoms with Crippen molar-refractivity contribution in [3.8, 4) is 0 Å². The highest BCUT2D eigenvalue weighted by Crippen LogP contribution is 2.23. The molecule has 0 saturated carbocycles. The average molecular weight is 250 g/mol. The second-order valence-electron chi connectivity index (χ2n) is 5.12. The SMILES string of the molecule is CCC1CCCCN1Cc1cccc(CN)c1F. The van der Waals surface area contributed by atoms with Crippen molar-refractivity contribution < 1.29 is 4.39 Å². The van der Waals surface area contributed by atoms with Gasteiger partial charge in [-0.1, -0.05) is 31.5 Å². The van der Waals surface area contributed by atoms with E-state index in [1.165, 1.54) is 19.3 Å². The van der Waals surface area contributed by atoms with E-state index < -0.39 is 0 Å². The molecule has 1 heterocycles. The highest BCUT2D eigenvalue weighted by Gasteiger charge is 2.21. The minimum Gasteiger partial charge on any atom is -0.326 e. The fourth-order valence-electron chi connectivity index (χ4n) is 2.86. The van der Waals surface area contributed by atoms with Crippen LogP contribution in [0, 0.1) is 5.82 Å². The van der Waals surface area contributed by atoms with Crippen molar-refractivity contribution in [3.05, 3.63) is 35.1 Å². The molecule has 2 rings (SSSR count). The fourth-order valence-corrected chi connectivity index (χ4v) is 2.86. The van der Waals surface area contributed by atoms with Crippen LogP contribution in [0.2, 0.25) is 0 Å². The summed E-state index contributed by atoms with van der Waals surface area (Å²) >= 11 is 0. The number of likely N-dealkylation sites (tertiary alicyclic amines) is 1. The summed E-state index contributed by atoms with van der Waals surface area (Å²) in [6, 6.07) is 6.17. The summed E-state index contributed by atoms with van der Waals surface area (Å²) in [6.07, 6.45) is 4.93. The molecule has 100 valence electrons. The van der Waals surface area contributed by atoms with Crippen LogP contribution in [0.1, 0.15) is 43.7 Å². The van der Waals surface area contributed by atoms with Crippen LogP contribution >= 0.6 is 0 Å². The van der Waals surface area contributed by atoms with Gasteiger partial charge in [-0.15, -0.1) is 0 Å². The Kier molecular flexibility index (Phi) is 4.72. The molecule has 2 N–H and O–H groups in total. The maximum Gasteiger partial charge on any atom is 0.132 e. The maximum absolute atomic E-state index is 14.2. The van der Waals surface area contributed by atoms with E-state index in [4.69, 9.17) is 5.73 Å². The van der Waals surface area contributed by atoms with Gasteiger partial charge in [-0.05, 0) is 25.8 Å². The molecular weight excluding hydrogens is 227 g/mol. The molecular formula is C15H23FN2. The summed E-state index contributed by atoms with van der Waals surface area (Å²) in [5, 5.41) is 0. The zero-order chi connectivity index (χ0) is 13.0. The van der Waals surface area contributed by atoms with Crippen molar-refractivity contribution >= 4 is 0 Å². The van der Waals surface area contributed by atoms with E-state index in [0.717, 1.165) is 25.1 Å². The molecule has 0 spiro atoms. The van der Waals surface area contributed by atoms with E-state index in [1.807, 2.05) is 12.1 Å². The number of benzene rings is 1. The van der Waals surface area contributed by atoms with Gasteiger partial charge in [0.25, 0.3) is 0 Å². The van der Waals surface area contributed by atoms with Crippen LogP contribution in [0.25, 0.3) is 0 Å². The van der Waals surface area contributed by atoms with Crippen LogP contribution in [0.15, 0.2) is 18.2 Å². The molecule has 1 fully saturated rings. The first kappa shape index (κ1) is 13.5. The van der Waals surface area contributed by atoms with E-state index in [2.05, 4.69) is 11.8 Å². The predicted molar refractivity (Wildman–Crippen MR) is 72.6 cm³/mol. The lowest BCUT2D eigenvalue weighted by atomic mass is 9.98. The molecule has 1 aromatic rings. The minimum absolute atomic E-state index is 0.111. The van der Waals surface area contributed by atoms with Gasteiger partial charge in [-0.2, -0.15) is 0 Å². The third kappa shape index (κ3) is 2.90. The number of rotatable bonds is 4. The predicted octanol–water partition coefficient (Wildman–Crippen LogP) is 3.05. The zero-order valence-corrected chi connectivity index (χ0v) is 11.2. The van der Waals surface area contributed by atoms with Gasteiger partial charge in [0.2, 0.25) is 0 Å². The second kappa shape index (κ2) is 6.30. The molecule has 2 nitrogen and oxygen atoms in total. The van der Waals surface area contributed by atoms with E-state index in [0.29, 0.717) is 11.6 Å². The Hall–Kier alpha value is -0.930. The summed E-state index contributed by atoms with van der Waals surface area (Å²) in [5.41, 5.74) is 6.97. The first-order valence-electron chi connectivity index (χ1n) is 6.96. The zero-order valence-electron chi connectivity index (χ0n) is 11.2. The number of nitrogens with two attached hydrogens (primary N) is 1. The fraction of sp³-hybridized carbons (Fsp3) is 0.600. The Morgan fingerprint density at radius 3 is 2.83 bits per heavy atom. The van der Waals surface area contributed by atoms with Crippen molar-refractivity contribution in [3.63, 3.8) is 0 Å². The van der Waals surface area contributed by atoms with E-state index >= 15 is 0 Å². The number of halogens is 1. The van der Waals surface area contributed by atoms with Crippen LogP contribution in [0.3, 0.4) is 0 Å². The second-order valence-corrected chi connectivity index (χ2v) is 5.12.